The molecule has 0 radical (unpaired) electrons. The second-order valence-corrected chi connectivity index (χ2v) is 6.72. The van der Waals surface area contributed by atoms with Crippen LogP contribution in [0, 0.1) is 0 Å². The first-order chi connectivity index (χ1) is 10.7. The van der Waals surface area contributed by atoms with Gasteiger partial charge in [-0.25, -0.2) is 0 Å². The highest BCUT2D eigenvalue weighted by Crippen LogP contribution is 2.36. The fraction of sp³-hybridized carbons (Fsp3) is 0.611. The monoisotopic (exact) mass is 301 g/mol. The molecule has 2 aliphatic carbocycles. The summed E-state index contributed by atoms with van der Waals surface area (Å²) in [5.41, 5.74) is 7.43. The normalized spacial score (nSPS) is 26.5. The Morgan fingerprint density at radius 3 is 2.73 bits per heavy atom. The van der Waals surface area contributed by atoms with Gasteiger partial charge in [-0.05, 0) is 36.8 Å². The summed E-state index contributed by atoms with van der Waals surface area (Å²) in [6.07, 6.45) is 9.17. The van der Waals surface area contributed by atoms with Crippen LogP contribution in [0.1, 0.15) is 56.1 Å². The van der Waals surface area contributed by atoms with Gasteiger partial charge in [0, 0.05) is 6.04 Å². The van der Waals surface area contributed by atoms with Crippen LogP contribution in [0.2, 0.25) is 0 Å². The zero-order valence-corrected chi connectivity index (χ0v) is 13.2. The molecule has 1 unspecified atom stereocenters. The van der Waals surface area contributed by atoms with Crippen LogP contribution in [0.3, 0.4) is 0 Å². The van der Waals surface area contributed by atoms with Gasteiger partial charge in [0.1, 0.15) is 5.60 Å². The van der Waals surface area contributed by atoms with Crippen LogP contribution in [0.15, 0.2) is 29.3 Å². The number of hydrogen-bond donors (Lipinski definition) is 3. The third-order valence-corrected chi connectivity index (χ3v) is 5.04. The molecule has 0 amide bonds. The van der Waals surface area contributed by atoms with E-state index in [-0.39, 0.29) is 0 Å². The van der Waals surface area contributed by atoms with Crippen molar-refractivity contribution in [2.24, 2.45) is 10.7 Å². The molecule has 0 heterocycles. The average Bonchev–Trinajstić information content (AvgIpc) is 2.70. The van der Waals surface area contributed by atoms with Crippen LogP contribution in [-0.2, 0) is 12.0 Å². The Hall–Kier alpha value is -1.55. The van der Waals surface area contributed by atoms with E-state index in [0.717, 1.165) is 18.4 Å². The van der Waals surface area contributed by atoms with Crippen molar-refractivity contribution in [1.29, 1.82) is 0 Å². The molecule has 1 atom stereocenters. The lowest BCUT2D eigenvalue weighted by molar-refractivity contribution is 0.0485. The highest BCUT2D eigenvalue weighted by atomic mass is 16.3. The summed E-state index contributed by atoms with van der Waals surface area (Å²) in [6, 6.07) is 8.54. The van der Waals surface area contributed by atoms with Gasteiger partial charge in [-0.3, -0.25) is 4.99 Å². The Labute approximate surface area is 132 Å². The van der Waals surface area contributed by atoms with Crippen molar-refractivity contribution in [3.63, 3.8) is 0 Å². The van der Waals surface area contributed by atoms with Gasteiger partial charge in [0.25, 0.3) is 0 Å². The molecule has 120 valence electrons. The van der Waals surface area contributed by atoms with Gasteiger partial charge in [-0.2, -0.15) is 0 Å². The lowest BCUT2D eigenvalue weighted by Gasteiger charge is -2.23. The first-order valence-electron chi connectivity index (χ1n) is 8.55. The summed E-state index contributed by atoms with van der Waals surface area (Å²) in [5.74, 6) is 0.477. The molecular formula is C18H27N3O. The minimum Gasteiger partial charge on any atom is -0.383 e. The van der Waals surface area contributed by atoms with E-state index < -0.39 is 5.60 Å². The topological polar surface area (TPSA) is 70.6 Å². The molecule has 2 aliphatic rings. The number of nitrogens with zero attached hydrogens (tertiary/aromatic N) is 1. The predicted molar refractivity (Wildman–Crippen MR) is 89.8 cm³/mol. The molecule has 0 bridgehead atoms. The molecule has 22 heavy (non-hydrogen) atoms. The van der Waals surface area contributed by atoms with Crippen molar-refractivity contribution in [2.45, 2.75) is 63.0 Å². The lowest BCUT2D eigenvalue weighted by atomic mass is 9.96. The van der Waals surface area contributed by atoms with Crippen LogP contribution in [0.4, 0.5) is 0 Å². The fourth-order valence-corrected chi connectivity index (χ4v) is 3.73. The highest BCUT2D eigenvalue weighted by molar-refractivity contribution is 5.78. The summed E-state index contributed by atoms with van der Waals surface area (Å²) < 4.78 is 0. The van der Waals surface area contributed by atoms with Gasteiger partial charge >= 0.3 is 0 Å². The summed E-state index contributed by atoms with van der Waals surface area (Å²) in [6.45, 7) is 0.343. The fourth-order valence-electron chi connectivity index (χ4n) is 3.73. The molecule has 0 aromatic heterocycles. The van der Waals surface area contributed by atoms with Crippen LogP contribution >= 0.6 is 0 Å². The molecule has 1 saturated carbocycles. The third-order valence-electron chi connectivity index (χ3n) is 5.04. The largest absolute Gasteiger partial charge is 0.383 e. The zero-order chi connectivity index (χ0) is 15.4. The van der Waals surface area contributed by atoms with E-state index in [1.807, 2.05) is 18.2 Å². The summed E-state index contributed by atoms with van der Waals surface area (Å²) in [4.78, 5) is 4.43. The maximum Gasteiger partial charge on any atom is 0.188 e. The summed E-state index contributed by atoms with van der Waals surface area (Å²) in [7, 11) is 0. The van der Waals surface area contributed by atoms with Crippen LogP contribution < -0.4 is 11.1 Å². The number of rotatable bonds is 3. The molecule has 4 nitrogen and oxygen atoms in total. The number of nitrogens with two attached hydrogens (primary N) is 1. The molecule has 0 aliphatic heterocycles. The van der Waals surface area contributed by atoms with Crippen molar-refractivity contribution < 1.29 is 5.11 Å². The Bertz CT molecular complexity index is 535. The van der Waals surface area contributed by atoms with Gasteiger partial charge in [0.15, 0.2) is 5.96 Å². The van der Waals surface area contributed by atoms with Crippen molar-refractivity contribution in [2.75, 3.05) is 6.54 Å². The van der Waals surface area contributed by atoms with Crippen molar-refractivity contribution >= 4 is 5.96 Å². The average molecular weight is 301 g/mol. The maximum atomic E-state index is 10.9. The molecule has 0 saturated heterocycles. The van der Waals surface area contributed by atoms with Gasteiger partial charge in [-0.15, -0.1) is 0 Å². The lowest BCUT2D eigenvalue weighted by Crippen LogP contribution is -2.41. The van der Waals surface area contributed by atoms with Crippen LogP contribution in [-0.4, -0.2) is 23.7 Å². The SMILES string of the molecule is NC(=NCC1(O)CCc2ccccc21)NC1CCCCCC1. The van der Waals surface area contributed by atoms with Crippen molar-refractivity contribution in [1.82, 2.24) is 5.32 Å². The van der Waals surface area contributed by atoms with E-state index in [1.54, 1.807) is 0 Å². The standard InChI is InChI=1S/C18H27N3O/c19-17(21-15-8-3-1-2-4-9-15)20-13-18(22)12-11-14-7-5-6-10-16(14)18/h5-7,10,15,22H,1-4,8-9,11-13H2,(H3,19,20,21). The minimum absolute atomic E-state index is 0.343. The Balaban J connectivity index is 1.61. The van der Waals surface area contributed by atoms with E-state index in [2.05, 4.69) is 16.4 Å². The number of aliphatic imine (C=N–C) groups is 1. The molecular weight excluding hydrogens is 274 g/mol. The van der Waals surface area contributed by atoms with Crippen molar-refractivity contribution in [3.05, 3.63) is 35.4 Å². The number of guanidine groups is 1. The first kappa shape index (κ1) is 15.3. The van der Waals surface area contributed by atoms with E-state index in [1.165, 1.54) is 44.1 Å². The van der Waals surface area contributed by atoms with E-state index >= 15 is 0 Å². The zero-order valence-electron chi connectivity index (χ0n) is 13.2. The number of aryl methyl sites for hydroxylation is 1. The second kappa shape index (κ2) is 6.69. The Kier molecular flexibility index (Phi) is 4.67. The third kappa shape index (κ3) is 3.43. The van der Waals surface area contributed by atoms with E-state index in [0.29, 0.717) is 18.5 Å². The highest BCUT2D eigenvalue weighted by Gasteiger charge is 2.36. The van der Waals surface area contributed by atoms with E-state index in [4.69, 9.17) is 5.73 Å². The van der Waals surface area contributed by atoms with Gasteiger partial charge < -0.3 is 16.2 Å². The summed E-state index contributed by atoms with van der Waals surface area (Å²) in [5, 5.41) is 14.2. The van der Waals surface area contributed by atoms with Crippen LogP contribution in [0.25, 0.3) is 0 Å². The maximum absolute atomic E-state index is 10.9. The van der Waals surface area contributed by atoms with Crippen molar-refractivity contribution in [3.8, 4) is 0 Å². The van der Waals surface area contributed by atoms with Gasteiger partial charge in [0.05, 0.1) is 6.54 Å². The Morgan fingerprint density at radius 2 is 1.95 bits per heavy atom. The molecule has 1 aromatic rings. The van der Waals surface area contributed by atoms with E-state index in [9.17, 15) is 5.11 Å². The molecule has 0 spiro atoms. The minimum atomic E-state index is -0.855. The first-order valence-corrected chi connectivity index (χ1v) is 8.55. The number of nitrogens with one attached hydrogen (secondary N) is 1. The van der Waals surface area contributed by atoms with Crippen LogP contribution in [0.5, 0.6) is 0 Å². The molecule has 4 N–H and O–H groups in total. The quantitative estimate of drug-likeness (QED) is 0.456. The Morgan fingerprint density at radius 1 is 1.23 bits per heavy atom. The molecule has 1 aromatic carbocycles. The second-order valence-electron chi connectivity index (χ2n) is 6.72. The molecule has 1 fully saturated rings. The number of benzene rings is 1. The molecule has 4 heteroatoms. The van der Waals surface area contributed by atoms with Gasteiger partial charge in [-0.1, -0.05) is 49.9 Å². The number of fused-ring (bicyclic) bond motifs is 1. The number of aliphatic hydroxyl groups is 1. The summed E-state index contributed by atoms with van der Waals surface area (Å²) >= 11 is 0. The smallest absolute Gasteiger partial charge is 0.188 e. The predicted octanol–water partition coefficient (Wildman–Crippen LogP) is 2.45. The number of hydrogen-bond acceptors (Lipinski definition) is 2. The van der Waals surface area contributed by atoms with Gasteiger partial charge in [0.2, 0.25) is 0 Å². The molecule has 3 rings (SSSR count).